The summed E-state index contributed by atoms with van der Waals surface area (Å²) in [6.07, 6.45) is 7.16. The molecule has 0 aromatic rings. The Bertz CT molecular complexity index is 302. The van der Waals surface area contributed by atoms with Crippen molar-refractivity contribution in [2.24, 2.45) is 11.3 Å². The average molecular weight is 208 g/mol. The van der Waals surface area contributed by atoms with Crippen molar-refractivity contribution in [2.45, 2.75) is 34.1 Å². The SMILES string of the molecule is CCOC(=O)C(C)C1(C)CC=CC=C1C. The largest absolute Gasteiger partial charge is 0.466 e. The van der Waals surface area contributed by atoms with Crippen LogP contribution < -0.4 is 0 Å². The second-order valence-corrected chi connectivity index (χ2v) is 4.37. The summed E-state index contributed by atoms with van der Waals surface area (Å²) in [7, 11) is 0. The van der Waals surface area contributed by atoms with E-state index in [1.807, 2.05) is 13.8 Å². The normalized spacial score (nSPS) is 27.1. The highest BCUT2D eigenvalue weighted by atomic mass is 16.5. The zero-order chi connectivity index (χ0) is 11.5. The predicted octanol–water partition coefficient (Wildman–Crippen LogP) is 3.10. The smallest absolute Gasteiger partial charge is 0.309 e. The average Bonchev–Trinajstić information content (AvgIpc) is 2.22. The summed E-state index contributed by atoms with van der Waals surface area (Å²) >= 11 is 0. The van der Waals surface area contributed by atoms with Gasteiger partial charge < -0.3 is 4.74 Å². The lowest BCUT2D eigenvalue weighted by Crippen LogP contribution is -2.34. The molecule has 0 aromatic carbocycles. The molecule has 2 nitrogen and oxygen atoms in total. The molecular weight excluding hydrogens is 188 g/mol. The summed E-state index contributed by atoms with van der Waals surface area (Å²) in [5.74, 6) is -0.179. The summed E-state index contributed by atoms with van der Waals surface area (Å²) in [5, 5.41) is 0. The molecule has 2 heteroatoms. The van der Waals surface area contributed by atoms with Crippen molar-refractivity contribution in [1.29, 1.82) is 0 Å². The standard InChI is InChI=1S/C13H20O2/c1-5-15-12(14)11(3)13(4)9-7-6-8-10(13)2/h6-8,11H,5,9H2,1-4H3. The molecule has 1 aliphatic carbocycles. The number of carbonyl (C=O) groups is 1. The molecule has 0 saturated carbocycles. The maximum Gasteiger partial charge on any atom is 0.309 e. The number of ether oxygens (including phenoxy) is 1. The van der Waals surface area contributed by atoms with E-state index in [2.05, 4.69) is 32.1 Å². The van der Waals surface area contributed by atoms with Crippen LogP contribution in [0.2, 0.25) is 0 Å². The van der Waals surface area contributed by atoms with Crippen molar-refractivity contribution in [1.82, 2.24) is 0 Å². The van der Waals surface area contributed by atoms with Gasteiger partial charge >= 0.3 is 5.97 Å². The lowest BCUT2D eigenvalue weighted by Gasteiger charge is -2.36. The lowest BCUT2D eigenvalue weighted by atomic mass is 9.68. The molecule has 2 unspecified atom stereocenters. The summed E-state index contributed by atoms with van der Waals surface area (Å²) in [4.78, 5) is 11.7. The molecule has 0 spiro atoms. The number of rotatable bonds is 3. The molecule has 0 fully saturated rings. The third kappa shape index (κ3) is 2.31. The molecule has 0 saturated heterocycles. The van der Waals surface area contributed by atoms with Gasteiger partial charge in [-0.25, -0.2) is 0 Å². The van der Waals surface area contributed by atoms with Crippen LogP contribution in [-0.2, 0) is 9.53 Å². The van der Waals surface area contributed by atoms with Crippen LogP contribution in [0.15, 0.2) is 23.8 Å². The molecule has 0 amide bonds. The van der Waals surface area contributed by atoms with Gasteiger partial charge in [0.15, 0.2) is 0 Å². The van der Waals surface area contributed by atoms with E-state index < -0.39 is 0 Å². The molecule has 0 heterocycles. The Morgan fingerprint density at radius 3 is 2.87 bits per heavy atom. The third-order valence-electron chi connectivity index (χ3n) is 3.52. The van der Waals surface area contributed by atoms with E-state index in [4.69, 9.17) is 4.74 Å². The van der Waals surface area contributed by atoms with Gasteiger partial charge in [-0.05, 0) is 20.3 Å². The van der Waals surface area contributed by atoms with Crippen LogP contribution in [0, 0.1) is 11.3 Å². The van der Waals surface area contributed by atoms with Gasteiger partial charge in [-0.15, -0.1) is 0 Å². The quantitative estimate of drug-likeness (QED) is 0.666. The monoisotopic (exact) mass is 208 g/mol. The van der Waals surface area contributed by atoms with Gasteiger partial charge in [0.05, 0.1) is 12.5 Å². The molecule has 0 aromatic heterocycles. The van der Waals surface area contributed by atoms with Gasteiger partial charge in [-0.3, -0.25) is 4.79 Å². The number of hydrogen-bond donors (Lipinski definition) is 0. The Balaban J connectivity index is 2.82. The molecule has 0 radical (unpaired) electrons. The minimum Gasteiger partial charge on any atom is -0.466 e. The van der Waals surface area contributed by atoms with Crippen molar-refractivity contribution >= 4 is 5.97 Å². The van der Waals surface area contributed by atoms with Crippen molar-refractivity contribution < 1.29 is 9.53 Å². The second kappa shape index (κ2) is 4.65. The molecule has 84 valence electrons. The first kappa shape index (κ1) is 12.0. The van der Waals surface area contributed by atoms with Crippen molar-refractivity contribution in [2.75, 3.05) is 6.61 Å². The summed E-state index contributed by atoms with van der Waals surface area (Å²) < 4.78 is 5.08. The van der Waals surface area contributed by atoms with E-state index in [1.165, 1.54) is 5.57 Å². The fraction of sp³-hybridized carbons (Fsp3) is 0.615. The first-order chi connectivity index (χ1) is 7.02. The molecule has 1 aliphatic rings. The molecule has 2 atom stereocenters. The van der Waals surface area contributed by atoms with Gasteiger partial charge in [0.25, 0.3) is 0 Å². The zero-order valence-corrected chi connectivity index (χ0v) is 10.0. The molecule has 0 N–H and O–H groups in total. The first-order valence-corrected chi connectivity index (χ1v) is 5.53. The van der Waals surface area contributed by atoms with Gasteiger partial charge in [0.2, 0.25) is 0 Å². The van der Waals surface area contributed by atoms with E-state index in [0.717, 1.165) is 6.42 Å². The van der Waals surface area contributed by atoms with Crippen LogP contribution in [0.4, 0.5) is 0 Å². The molecular formula is C13H20O2. The second-order valence-electron chi connectivity index (χ2n) is 4.37. The van der Waals surface area contributed by atoms with E-state index in [9.17, 15) is 4.79 Å². The van der Waals surface area contributed by atoms with Crippen LogP contribution >= 0.6 is 0 Å². The lowest BCUT2D eigenvalue weighted by molar-refractivity contribution is -0.150. The van der Waals surface area contributed by atoms with Crippen LogP contribution in [0.1, 0.15) is 34.1 Å². The van der Waals surface area contributed by atoms with Crippen LogP contribution in [0.5, 0.6) is 0 Å². The van der Waals surface area contributed by atoms with Crippen LogP contribution in [0.25, 0.3) is 0 Å². The van der Waals surface area contributed by atoms with Crippen LogP contribution in [-0.4, -0.2) is 12.6 Å². The van der Waals surface area contributed by atoms with E-state index in [-0.39, 0.29) is 17.3 Å². The topological polar surface area (TPSA) is 26.3 Å². The molecule has 1 rings (SSSR count). The van der Waals surface area contributed by atoms with Crippen molar-refractivity contribution in [3.05, 3.63) is 23.8 Å². The zero-order valence-electron chi connectivity index (χ0n) is 10.0. The molecule has 0 aliphatic heterocycles. The number of carbonyl (C=O) groups excluding carboxylic acids is 1. The Morgan fingerprint density at radius 1 is 1.67 bits per heavy atom. The maximum atomic E-state index is 11.7. The Kier molecular flexibility index (Phi) is 3.72. The van der Waals surface area contributed by atoms with Gasteiger partial charge in [-0.1, -0.05) is 37.6 Å². The predicted molar refractivity (Wildman–Crippen MR) is 61.4 cm³/mol. The number of hydrogen-bond acceptors (Lipinski definition) is 2. The Hall–Kier alpha value is -1.05. The molecule has 15 heavy (non-hydrogen) atoms. The summed E-state index contributed by atoms with van der Waals surface area (Å²) in [6, 6.07) is 0. The third-order valence-corrected chi connectivity index (χ3v) is 3.52. The molecule has 0 bridgehead atoms. The van der Waals surface area contributed by atoms with Gasteiger partial charge in [0.1, 0.15) is 0 Å². The fourth-order valence-electron chi connectivity index (χ4n) is 1.92. The van der Waals surface area contributed by atoms with Crippen LogP contribution in [0.3, 0.4) is 0 Å². The summed E-state index contributed by atoms with van der Waals surface area (Å²) in [6.45, 7) is 8.46. The first-order valence-electron chi connectivity index (χ1n) is 5.53. The Morgan fingerprint density at radius 2 is 2.33 bits per heavy atom. The number of allylic oxidation sites excluding steroid dienone is 4. The van der Waals surface area contributed by atoms with Gasteiger partial charge in [-0.2, -0.15) is 0 Å². The van der Waals surface area contributed by atoms with E-state index in [0.29, 0.717) is 6.61 Å². The minimum atomic E-state index is -0.0944. The van der Waals surface area contributed by atoms with E-state index >= 15 is 0 Å². The Labute approximate surface area is 92.0 Å². The fourth-order valence-corrected chi connectivity index (χ4v) is 1.92. The minimum absolute atomic E-state index is 0.0823. The number of esters is 1. The maximum absolute atomic E-state index is 11.7. The van der Waals surface area contributed by atoms with Crippen molar-refractivity contribution in [3.8, 4) is 0 Å². The highest BCUT2D eigenvalue weighted by Gasteiger charge is 2.37. The van der Waals surface area contributed by atoms with E-state index in [1.54, 1.807) is 0 Å². The summed E-state index contributed by atoms with van der Waals surface area (Å²) in [5.41, 5.74) is 1.17. The van der Waals surface area contributed by atoms with Crippen molar-refractivity contribution in [3.63, 3.8) is 0 Å². The van der Waals surface area contributed by atoms with Gasteiger partial charge in [0, 0.05) is 5.41 Å². The highest BCUT2D eigenvalue weighted by molar-refractivity contribution is 5.73. The highest BCUT2D eigenvalue weighted by Crippen LogP contribution is 2.41.